The van der Waals surface area contributed by atoms with Crippen LogP contribution >= 0.6 is 24.0 Å². The van der Waals surface area contributed by atoms with Crippen LogP contribution in [0.5, 0.6) is 0 Å². The van der Waals surface area contributed by atoms with Gasteiger partial charge in [0.15, 0.2) is 0 Å². The Bertz CT molecular complexity index is 636. The average Bonchev–Trinajstić information content (AvgIpc) is 3.17. The van der Waals surface area contributed by atoms with Crippen LogP contribution in [-0.4, -0.2) is 44.2 Å². The van der Waals surface area contributed by atoms with Crippen molar-refractivity contribution >= 4 is 35.7 Å². The van der Waals surface area contributed by atoms with Crippen LogP contribution in [0.25, 0.3) is 0 Å². The van der Waals surface area contributed by atoms with Crippen molar-refractivity contribution in [1.82, 2.24) is 20.2 Å². The number of nitrogens with zero attached hydrogens (tertiary/aromatic N) is 6. The number of hydrogen-bond acceptors (Lipinski definition) is 6. The molecule has 118 valence electrons. The third-order valence-corrected chi connectivity index (χ3v) is 3.67. The molecule has 1 saturated heterocycles. The van der Waals surface area contributed by atoms with Crippen molar-refractivity contribution < 1.29 is 5.21 Å². The lowest BCUT2D eigenvalue weighted by Crippen LogP contribution is -2.20. The lowest BCUT2D eigenvalue weighted by Gasteiger charge is -2.10. The maximum Gasteiger partial charge on any atom is 0.266 e. The second-order valence-corrected chi connectivity index (χ2v) is 5.30. The molecule has 0 amide bonds. The summed E-state index contributed by atoms with van der Waals surface area (Å²) in [4.78, 5) is 3.53. The molecular formula is C13H16Cl2N6O. The van der Waals surface area contributed by atoms with E-state index in [2.05, 4.69) is 25.5 Å². The van der Waals surface area contributed by atoms with E-state index in [0.29, 0.717) is 16.7 Å². The lowest BCUT2D eigenvalue weighted by molar-refractivity contribution is 0.316. The van der Waals surface area contributed by atoms with Gasteiger partial charge in [0, 0.05) is 23.7 Å². The highest BCUT2D eigenvalue weighted by Gasteiger charge is 2.17. The van der Waals surface area contributed by atoms with Crippen molar-refractivity contribution in [2.75, 3.05) is 18.0 Å². The minimum atomic E-state index is 0. The molecule has 0 atom stereocenters. The highest BCUT2D eigenvalue weighted by Crippen LogP contribution is 2.14. The summed E-state index contributed by atoms with van der Waals surface area (Å²) in [5, 5.41) is 25.5. The number of aromatic nitrogens is 4. The van der Waals surface area contributed by atoms with Gasteiger partial charge in [0.1, 0.15) is 12.3 Å². The zero-order valence-electron chi connectivity index (χ0n) is 11.8. The SMILES string of the molecule is Cl.O/N=C(/Cn1nnc(N2CCCC2)n1)c1ccc(Cl)cc1. The van der Waals surface area contributed by atoms with Gasteiger partial charge < -0.3 is 10.1 Å². The van der Waals surface area contributed by atoms with E-state index < -0.39 is 0 Å². The van der Waals surface area contributed by atoms with E-state index in [-0.39, 0.29) is 19.0 Å². The van der Waals surface area contributed by atoms with Gasteiger partial charge in [-0.2, -0.15) is 4.80 Å². The van der Waals surface area contributed by atoms with Gasteiger partial charge in [0.05, 0.1) is 0 Å². The van der Waals surface area contributed by atoms with Crippen molar-refractivity contribution in [2.45, 2.75) is 19.4 Å². The van der Waals surface area contributed by atoms with Crippen molar-refractivity contribution in [3.63, 3.8) is 0 Å². The largest absolute Gasteiger partial charge is 0.411 e. The summed E-state index contributed by atoms with van der Waals surface area (Å²) in [6, 6.07) is 7.06. The summed E-state index contributed by atoms with van der Waals surface area (Å²) in [6.45, 7) is 2.17. The molecule has 1 fully saturated rings. The minimum Gasteiger partial charge on any atom is -0.411 e. The Hall–Kier alpha value is -1.86. The van der Waals surface area contributed by atoms with Crippen LogP contribution < -0.4 is 4.90 Å². The second-order valence-electron chi connectivity index (χ2n) is 4.87. The first-order valence-corrected chi connectivity index (χ1v) is 7.13. The molecule has 9 heteroatoms. The molecule has 0 spiro atoms. The fourth-order valence-electron chi connectivity index (χ4n) is 2.30. The van der Waals surface area contributed by atoms with E-state index in [9.17, 15) is 5.21 Å². The zero-order valence-corrected chi connectivity index (χ0v) is 13.3. The molecule has 2 heterocycles. The van der Waals surface area contributed by atoms with E-state index >= 15 is 0 Å². The normalized spacial score (nSPS) is 15.0. The van der Waals surface area contributed by atoms with Gasteiger partial charge in [-0.25, -0.2) is 0 Å². The highest BCUT2D eigenvalue weighted by molar-refractivity contribution is 6.30. The molecule has 0 bridgehead atoms. The van der Waals surface area contributed by atoms with Gasteiger partial charge in [-0.15, -0.1) is 17.5 Å². The first-order valence-electron chi connectivity index (χ1n) is 6.76. The Balaban J connectivity index is 0.00000176. The summed E-state index contributed by atoms with van der Waals surface area (Å²) in [6.07, 6.45) is 2.31. The molecule has 0 radical (unpaired) electrons. The number of anilines is 1. The third-order valence-electron chi connectivity index (χ3n) is 3.42. The average molecular weight is 343 g/mol. The van der Waals surface area contributed by atoms with Crippen molar-refractivity contribution in [3.05, 3.63) is 34.9 Å². The maximum absolute atomic E-state index is 9.18. The van der Waals surface area contributed by atoms with Crippen LogP contribution in [0.1, 0.15) is 18.4 Å². The number of tetrazole rings is 1. The lowest BCUT2D eigenvalue weighted by atomic mass is 10.1. The van der Waals surface area contributed by atoms with Crippen molar-refractivity contribution in [2.24, 2.45) is 5.16 Å². The number of benzene rings is 1. The molecule has 0 aliphatic carbocycles. The fraction of sp³-hybridized carbons (Fsp3) is 0.385. The number of oxime groups is 1. The zero-order chi connectivity index (χ0) is 14.7. The number of rotatable bonds is 4. The monoisotopic (exact) mass is 342 g/mol. The van der Waals surface area contributed by atoms with E-state index in [0.717, 1.165) is 31.5 Å². The molecule has 2 aromatic rings. The molecule has 3 rings (SSSR count). The van der Waals surface area contributed by atoms with Crippen LogP contribution in [0.15, 0.2) is 29.4 Å². The van der Waals surface area contributed by atoms with Crippen LogP contribution in [0.4, 0.5) is 5.95 Å². The first kappa shape index (κ1) is 16.5. The van der Waals surface area contributed by atoms with Crippen molar-refractivity contribution in [3.8, 4) is 0 Å². The molecule has 22 heavy (non-hydrogen) atoms. The Morgan fingerprint density at radius 1 is 1.23 bits per heavy atom. The van der Waals surface area contributed by atoms with E-state index in [1.807, 2.05) is 0 Å². The molecule has 0 saturated carbocycles. The number of hydrogen-bond donors (Lipinski definition) is 1. The first-order chi connectivity index (χ1) is 10.3. The Kier molecular flexibility index (Phi) is 5.57. The predicted molar refractivity (Wildman–Crippen MR) is 86.3 cm³/mol. The molecule has 0 unspecified atom stereocenters. The molecule has 1 aliphatic rings. The van der Waals surface area contributed by atoms with Crippen LogP contribution in [0, 0.1) is 0 Å². The number of halogens is 2. The van der Waals surface area contributed by atoms with Crippen molar-refractivity contribution in [1.29, 1.82) is 0 Å². The Morgan fingerprint density at radius 2 is 1.91 bits per heavy atom. The molecule has 7 nitrogen and oxygen atoms in total. The Morgan fingerprint density at radius 3 is 2.55 bits per heavy atom. The van der Waals surface area contributed by atoms with Gasteiger partial charge in [-0.05, 0) is 30.2 Å². The molecule has 1 N–H and O–H groups in total. The molecular weight excluding hydrogens is 327 g/mol. The standard InChI is InChI=1S/C13H15ClN6O.ClH/c14-11-5-3-10(4-6-11)12(17-21)9-20-16-13(15-18-20)19-7-1-2-8-19;/h3-6,21H,1-2,7-9H2;1H/b17-12-;. The van der Waals surface area contributed by atoms with Gasteiger partial charge in [0.25, 0.3) is 5.95 Å². The minimum absolute atomic E-state index is 0. The summed E-state index contributed by atoms with van der Waals surface area (Å²) in [5.74, 6) is 0.626. The summed E-state index contributed by atoms with van der Waals surface area (Å²) in [7, 11) is 0. The quantitative estimate of drug-likeness (QED) is 0.523. The second kappa shape index (κ2) is 7.42. The highest BCUT2D eigenvalue weighted by atomic mass is 35.5. The smallest absolute Gasteiger partial charge is 0.266 e. The fourth-order valence-corrected chi connectivity index (χ4v) is 2.43. The van der Waals surface area contributed by atoms with Gasteiger partial charge in [0.2, 0.25) is 0 Å². The van der Waals surface area contributed by atoms with Crippen LogP contribution in [-0.2, 0) is 6.54 Å². The van der Waals surface area contributed by atoms with Crippen LogP contribution in [0.2, 0.25) is 5.02 Å². The van der Waals surface area contributed by atoms with E-state index in [4.69, 9.17) is 11.6 Å². The maximum atomic E-state index is 9.18. The van der Waals surface area contributed by atoms with Gasteiger partial charge in [-0.1, -0.05) is 34.0 Å². The topological polar surface area (TPSA) is 79.4 Å². The van der Waals surface area contributed by atoms with E-state index in [1.54, 1.807) is 24.3 Å². The predicted octanol–water partition coefficient (Wildman–Crippen LogP) is 2.23. The molecule has 1 aliphatic heterocycles. The molecule has 1 aromatic heterocycles. The van der Waals surface area contributed by atoms with E-state index in [1.165, 1.54) is 4.80 Å². The summed E-state index contributed by atoms with van der Waals surface area (Å²) < 4.78 is 0. The molecule has 1 aromatic carbocycles. The summed E-state index contributed by atoms with van der Waals surface area (Å²) in [5.41, 5.74) is 1.22. The Labute approximate surface area is 139 Å². The summed E-state index contributed by atoms with van der Waals surface area (Å²) >= 11 is 5.85. The van der Waals surface area contributed by atoms with Crippen LogP contribution in [0.3, 0.4) is 0 Å². The van der Waals surface area contributed by atoms with Gasteiger partial charge in [-0.3, -0.25) is 0 Å². The van der Waals surface area contributed by atoms with Gasteiger partial charge >= 0.3 is 0 Å². The third kappa shape index (κ3) is 3.66.